The lowest BCUT2D eigenvalue weighted by molar-refractivity contribution is -0.142. The van der Waals surface area contributed by atoms with Crippen LogP contribution in [0.1, 0.15) is 34.7 Å². The number of nitrogens with zero attached hydrogens (tertiary/aromatic N) is 4. The molecule has 0 unspecified atom stereocenters. The summed E-state index contributed by atoms with van der Waals surface area (Å²) in [4.78, 5) is 16.3. The molecule has 2 aromatic heterocycles. The van der Waals surface area contributed by atoms with Gasteiger partial charge in [0.15, 0.2) is 5.82 Å². The summed E-state index contributed by atoms with van der Waals surface area (Å²) >= 11 is 0. The van der Waals surface area contributed by atoms with E-state index in [0.717, 1.165) is 6.20 Å². The van der Waals surface area contributed by atoms with Crippen LogP contribution in [0.3, 0.4) is 0 Å². The zero-order chi connectivity index (χ0) is 18.0. The summed E-state index contributed by atoms with van der Waals surface area (Å²) in [5, 5.41) is 9.87. The second kappa shape index (κ2) is 6.82. The molecule has 8 nitrogen and oxygen atoms in total. The molecule has 3 heterocycles. The highest BCUT2D eigenvalue weighted by Gasteiger charge is 2.35. The van der Waals surface area contributed by atoms with Crippen molar-refractivity contribution >= 4 is 5.91 Å². The van der Waals surface area contributed by atoms with Crippen molar-refractivity contribution < 1.29 is 27.2 Å². The van der Waals surface area contributed by atoms with Gasteiger partial charge in [-0.05, 0) is 19.4 Å². The molecule has 0 aromatic carbocycles. The number of aryl methyl sites for hydroxylation is 1. The number of carbonyl (C=O) groups excluding carboxylic acids is 1. The van der Waals surface area contributed by atoms with E-state index in [1.165, 1.54) is 6.07 Å². The number of alkyl halides is 3. The molecule has 3 rings (SSSR count). The van der Waals surface area contributed by atoms with Crippen LogP contribution in [0.4, 0.5) is 13.2 Å². The van der Waals surface area contributed by atoms with Crippen molar-refractivity contribution in [2.24, 2.45) is 5.92 Å². The van der Waals surface area contributed by atoms with Crippen molar-refractivity contribution in [1.82, 2.24) is 25.2 Å². The first-order valence-electron chi connectivity index (χ1n) is 7.62. The summed E-state index contributed by atoms with van der Waals surface area (Å²) in [6, 6.07) is 1.24. The van der Waals surface area contributed by atoms with E-state index in [0.29, 0.717) is 29.4 Å². The fraction of sp³-hybridized carbons (Fsp3) is 0.571. The number of hydrogen-bond donors (Lipinski definition) is 1. The molecule has 1 N–H and O–H groups in total. The van der Waals surface area contributed by atoms with E-state index in [9.17, 15) is 18.0 Å². The van der Waals surface area contributed by atoms with Crippen LogP contribution in [0, 0.1) is 12.8 Å². The minimum atomic E-state index is -4.46. The van der Waals surface area contributed by atoms with Gasteiger partial charge >= 0.3 is 6.18 Å². The third-order valence-corrected chi connectivity index (χ3v) is 3.80. The van der Waals surface area contributed by atoms with Crippen LogP contribution in [-0.4, -0.2) is 45.2 Å². The lowest BCUT2D eigenvalue weighted by Crippen LogP contribution is -2.33. The van der Waals surface area contributed by atoms with E-state index < -0.39 is 24.7 Å². The van der Waals surface area contributed by atoms with Gasteiger partial charge in [-0.3, -0.25) is 9.48 Å². The lowest BCUT2D eigenvalue weighted by atomic mass is 10.0. The molecule has 2 aromatic rings. The Morgan fingerprint density at radius 2 is 2.28 bits per heavy atom. The first-order valence-corrected chi connectivity index (χ1v) is 7.62. The fourth-order valence-corrected chi connectivity index (χ4v) is 2.68. The molecule has 0 spiro atoms. The highest BCUT2D eigenvalue weighted by Crippen LogP contribution is 2.33. The van der Waals surface area contributed by atoms with Crippen LogP contribution in [0.2, 0.25) is 0 Å². The highest BCUT2D eigenvalue weighted by atomic mass is 19.4. The van der Waals surface area contributed by atoms with Crippen LogP contribution in [0.25, 0.3) is 0 Å². The van der Waals surface area contributed by atoms with Gasteiger partial charge in [-0.15, -0.1) is 0 Å². The van der Waals surface area contributed by atoms with Gasteiger partial charge in [0, 0.05) is 25.3 Å². The zero-order valence-electron chi connectivity index (χ0n) is 13.3. The van der Waals surface area contributed by atoms with Crippen LogP contribution in [0.15, 0.2) is 16.8 Å². The van der Waals surface area contributed by atoms with E-state index in [1.807, 2.05) is 0 Å². The minimum absolute atomic E-state index is 0.109. The minimum Gasteiger partial charge on any atom is -0.368 e. The van der Waals surface area contributed by atoms with E-state index >= 15 is 0 Å². The van der Waals surface area contributed by atoms with Crippen molar-refractivity contribution in [2.45, 2.75) is 32.2 Å². The number of halogens is 3. The van der Waals surface area contributed by atoms with Gasteiger partial charge < -0.3 is 14.6 Å². The molecule has 1 aliphatic rings. The molecule has 2 atom stereocenters. The monoisotopic (exact) mass is 359 g/mol. The molecule has 1 aliphatic heterocycles. The van der Waals surface area contributed by atoms with Crippen molar-refractivity contribution in [2.75, 3.05) is 13.2 Å². The topological polar surface area (TPSA) is 95.1 Å². The molecular formula is C14H16F3N5O3. The molecule has 1 amide bonds. The van der Waals surface area contributed by atoms with Crippen molar-refractivity contribution in [3.63, 3.8) is 0 Å². The third kappa shape index (κ3) is 4.16. The second-order valence-electron chi connectivity index (χ2n) is 5.72. The number of ether oxygens (including phenoxy) is 1. The Morgan fingerprint density at radius 3 is 2.96 bits per heavy atom. The molecule has 0 radical (unpaired) electrons. The highest BCUT2D eigenvalue weighted by molar-refractivity contribution is 5.92. The quantitative estimate of drug-likeness (QED) is 0.872. The number of amides is 1. The second-order valence-corrected chi connectivity index (χ2v) is 5.72. The maximum absolute atomic E-state index is 12.5. The maximum Gasteiger partial charge on any atom is 0.408 e. The summed E-state index contributed by atoms with van der Waals surface area (Å²) in [6.45, 7) is 1.04. The Kier molecular flexibility index (Phi) is 4.75. The SMILES string of the molecule is Cc1noc([C@H]2OCC[C@H]2CNC(=O)c2ccnn2CC(F)(F)F)n1. The average molecular weight is 359 g/mol. The van der Waals surface area contributed by atoms with Gasteiger partial charge in [-0.1, -0.05) is 5.16 Å². The summed E-state index contributed by atoms with van der Waals surface area (Å²) < 4.78 is 48.8. The number of carbonyl (C=O) groups is 1. The standard InChI is InChI=1S/C14H16F3N5O3/c1-8-20-13(25-21-8)11-9(3-5-24-11)6-18-12(23)10-2-4-19-22(10)7-14(15,16)17/h2,4,9,11H,3,5-7H2,1H3,(H,18,23)/t9-,11-/m0/s1. The lowest BCUT2D eigenvalue weighted by Gasteiger charge is -2.16. The number of nitrogens with one attached hydrogen (secondary N) is 1. The predicted octanol–water partition coefficient (Wildman–Crippen LogP) is 1.64. The Balaban J connectivity index is 1.62. The Morgan fingerprint density at radius 1 is 1.48 bits per heavy atom. The third-order valence-electron chi connectivity index (χ3n) is 3.80. The number of hydrogen-bond acceptors (Lipinski definition) is 6. The van der Waals surface area contributed by atoms with Crippen molar-refractivity contribution in [3.05, 3.63) is 29.7 Å². The molecule has 1 saturated heterocycles. The van der Waals surface area contributed by atoms with E-state index in [1.54, 1.807) is 6.92 Å². The summed E-state index contributed by atoms with van der Waals surface area (Å²) in [7, 11) is 0. The van der Waals surface area contributed by atoms with Crippen molar-refractivity contribution in [1.29, 1.82) is 0 Å². The molecule has 11 heteroatoms. The molecule has 0 bridgehead atoms. The molecule has 136 valence electrons. The van der Waals surface area contributed by atoms with Gasteiger partial charge in [-0.2, -0.15) is 23.3 Å². The van der Waals surface area contributed by atoms with Crippen LogP contribution in [0.5, 0.6) is 0 Å². The largest absolute Gasteiger partial charge is 0.408 e. The maximum atomic E-state index is 12.5. The van der Waals surface area contributed by atoms with Gasteiger partial charge in [0.1, 0.15) is 18.3 Å². The average Bonchev–Trinajstić information content (AvgIpc) is 3.23. The fourth-order valence-electron chi connectivity index (χ4n) is 2.68. The molecule has 1 fully saturated rings. The van der Waals surface area contributed by atoms with E-state index in [4.69, 9.17) is 9.26 Å². The molecular weight excluding hydrogens is 343 g/mol. The van der Waals surface area contributed by atoms with E-state index in [-0.39, 0.29) is 18.2 Å². The zero-order valence-corrected chi connectivity index (χ0v) is 13.3. The first-order chi connectivity index (χ1) is 11.8. The Bertz CT molecular complexity index is 742. The van der Waals surface area contributed by atoms with Gasteiger partial charge in [-0.25, -0.2) is 0 Å². The molecule has 0 aliphatic carbocycles. The predicted molar refractivity (Wildman–Crippen MR) is 76.5 cm³/mol. The van der Waals surface area contributed by atoms with Crippen LogP contribution >= 0.6 is 0 Å². The first kappa shape index (κ1) is 17.4. The van der Waals surface area contributed by atoms with Gasteiger partial charge in [0.05, 0.1) is 0 Å². The van der Waals surface area contributed by atoms with Crippen LogP contribution < -0.4 is 5.32 Å². The smallest absolute Gasteiger partial charge is 0.368 e. The van der Waals surface area contributed by atoms with Gasteiger partial charge in [0.2, 0.25) is 0 Å². The van der Waals surface area contributed by atoms with Crippen LogP contribution in [-0.2, 0) is 11.3 Å². The Labute approximate surface area is 140 Å². The summed E-state index contributed by atoms with van der Waals surface area (Å²) in [5.41, 5.74) is -0.151. The summed E-state index contributed by atoms with van der Waals surface area (Å²) in [5.74, 6) is 0.0672. The summed E-state index contributed by atoms with van der Waals surface area (Å²) in [6.07, 6.45) is -3.08. The van der Waals surface area contributed by atoms with Gasteiger partial charge in [0.25, 0.3) is 11.8 Å². The normalized spacial score (nSPS) is 20.8. The molecule has 0 saturated carbocycles. The van der Waals surface area contributed by atoms with E-state index in [2.05, 4.69) is 20.6 Å². The Hall–Kier alpha value is -2.43. The molecule has 25 heavy (non-hydrogen) atoms. The number of rotatable bonds is 5. The van der Waals surface area contributed by atoms with Crippen molar-refractivity contribution in [3.8, 4) is 0 Å². The number of aromatic nitrogens is 4.